The summed E-state index contributed by atoms with van der Waals surface area (Å²) in [6, 6.07) is 36.3. The summed E-state index contributed by atoms with van der Waals surface area (Å²) in [5.41, 5.74) is 3.74. The molecule has 0 radical (unpaired) electrons. The molecule has 4 aliphatic heterocycles. The highest BCUT2D eigenvalue weighted by Gasteiger charge is 2.52. The molecular weight excluding hydrogens is 1140 g/mol. The second-order valence-corrected chi connectivity index (χ2v) is 23.1. The van der Waals surface area contributed by atoms with Crippen LogP contribution in [0.25, 0.3) is 11.3 Å². The van der Waals surface area contributed by atoms with E-state index >= 15 is 0 Å². The summed E-state index contributed by atoms with van der Waals surface area (Å²) in [7, 11) is 0. The number of carbonyl (C=O) groups is 8. The molecule has 9 rings (SSSR count). The van der Waals surface area contributed by atoms with Gasteiger partial charge in [-0.15, -0.1) is 0 Å². The van der Waals surface area contributed by atoms with Crippen LogP contribution in [0.2, 0.25) is 0 Å². The third-order valence-electron chi connectivity index (χ3n) is 14.2. The molecule has 5 heterocycles. The Morgan fingerprint density at radius 2 is 1.10 bits per heavy atom. The van der Waals surface area contributed by atoms with Crippen LogP contribution in [0, 0.1) is 0 Å². The Hall–Kier alpha value is -7.20. The molecule has 4 fully saturated rings. The lowest BCUT2D eigenvalue weighted by Gasteiger charge is -2.26. The zero-order valence-corrected chi connectivity index (χ0v) is 49.5. The van der Waals surface area contributed by atoms with Crippen LogP contribution in [-0.2, 0) is 62.6 Å². The van der Waals surface area contributed by atoms with Gasteiger partial charge in [0.1, 0.15) is 18.9 Å². The van der Waals surface area contributed by atoms with Crippen LogP contribution in [0.5, 0.6) is 0 Å². The van der Waals surface area contributed by atoms with Gasteiger partial charge in [0.05, 0.1) is 50.2 Å². The van der Waals surface area contributed by atoms with E-state index in [4.69, 9.17) is 30.2 Å². The minimum Gasteiger partial charge on any atom is -0.466 e. The summed E-state index contributed by atoms with van der Waals surface area (Å²) >= 11 is 8.55. The molecule has 4 aromatic carbocycles. The number of thioether (sulfide) groups is 2. The summed E-state index contributed by atoms with van der Waals surface area (Å²) < 4.78 is 26.5. The number of aliphatic hydroxyl groups excluding tert-OH is 1. The Morgan fingerprint density at radius 1 is 0.619 bits per heavy atom. The van der Waals surface area contributed by atoms with Gasteiger partial charge in [-0.05, 0) is 62.3 Å². The number of hydrogen-bond acceptors (Lipinski definition) is 17. The fourth-order valence-corrected chi connectivity index (χ4v) is 13.3. The summed E-state index contributed by atoms with van der Waals surface area (Å²) in [6.45, 7) is 4.72. The monoisotopic (exact) mass is 1210 g/mol. The predicted molar refractivity (Wildman–Crippen MR) is 319 cm³/mol. The number of urea groups is 2. The molecule has 4 saturated heterocycles. The van der Waals surface area contributed by atoms with Crippen molar-refractivity contribution in [3.05, 3.63) is 144 Å². The molecule has 0 aliphatic carbocycles. The average Bonchev–Trinajstić information content (AvgIpc) is 2.57. The molecule has 4 aliphatic rings. The van der Waals surface area contributed by atoms with Crippen LogP contribution in [-0.4, -0.2) is 128 Å². The Kier molecular flexibility index (Phi) is 25.5. The van der Waals surface area contributed by atoms with Crippen molar-refractivity contribution < 1.29 is 66.8 Å². The topological polar surface area (TPSA) is 250 Å². The number of benzene rings is 4. The molecule has 0 bridgehead atoms. The second-order valence-electron chi connectivity index (χ2n) is 20.1. The summed E-state index contributed by atoms with van der Waals surface area (Å²) in [4.78, 5) is 103. The van der Waals surface area contributed by atoms with E-state index in [1.807, 2.05) is 103 Å². The number of unbranched alkanes of at least 4 members (excludes halogenated alkanes) is 2. The first-order chi connectivity index (χ1) is 40.7. The van der Waals surface area contributed by atoms with Gasteiger partial charge in [-0.3, -0.25) is 38.6 Å². The molecule has 1 aromatic heterocycles. The van der Waals surface area contributed by atoms with Gasteiger partial charge < -0.3 is 39.1 Å². The number of anilines is 1. The lowest BCUT2D eigenvalue weighted by Crippen LogP contribution is -2.48. The van der Waals surface area contributed by atoms with E-state index in [2.05, 4.69) is 20.4 Å². The number of Topliss-reactive ketones (excluding diaryl/α,β-unsaturated/α-hetero) is 1. The number of aryl methyl sites for hydroxylation is 1. The highest BCUT2D eigenvalue weighted by molar-refractivity contribution is 8.00. The number of carbonyl (C=O) groups excluding carboxylic acids is 8. The van der Waals surface area contributed by atoms with E-state index < -0.39 is 23.3 Å². The van der Waals surface area contributed by atoms with Gasteiger partial charge >= 0.3 is 35.9 Å². The molecule has 0 spiro atoms. The van der Waals surface area contributed by atoms with Crippen molar-refractivity contribution in [3.63, 3.8) is 0 Å². The van der Waals surface area contributed by atoms with Crippen molar-refractivity contribution in [2.24, 2.45) is 0 Å². The molecule has 4 amide bonds. The Bertz CT molecular complexity index is 2960. The van der Waals surface area contributed by atoms with Gasteiger partial charge in [-0.1, -0.05) is 134 Å². The number of rotatable bonds is 27. The smallest absolute Gasteiger partial charge is 0.324 e. The molecule has 22 heteroatoms. The van der Waals surface area contributed by atoms with Crippen LogP contribution in [0.1, 0.15) is 112 Å². The van der Waals surface area contributed by atoms with E-state index in [1.54, 1.807) is 60.8 Å². The van der Waals surface area contributed by atoms with Gasteiger partial charge in [0.25, 0.3) is 0 Å². The fraction of sp³-hybridized carbons (Fsp3) is 0.435. The van der Waals surface area contributed by atoms with Gasteiger partial charge in [0.15, 0.2) is 12.1 Å². The number of nitrogens with one attached hydrogen (secondary N) is 2. The summed E-state index contributed by atoms with van der Waals surface area (Å²) in [5, 5.41) is 16.7. The van der Waals surface area contributed by atoms with E-state index in [1.165, 1.54) is 4.90 Å². The first-order valence-corrected chi connectivity index (χ1v) is 30.8. The summed E-state index contributed by atoms with van der Waals surface area (Å²) in [5.74, 6) is 0.652. The number of ketones is 1. The highest BCUT2D eigenvalue weighted by atomic mass is 35.5. The summed E-state index contributed by atoms with van der Waals surface area (Å²) in [6.07, 6.45) is 4.70. The average molecular weight is 1210 g/mol. The largest absolute Gasteiger partial charge is 0.466 e. The number of ether oxygens (including phenoxy) is 4. The number of hydrogen-bond donors (Lipinski definition) is 3. The van der Waals surface area contributed by atoms with Gasteiger partial charge in [-0.2, -0.15) is 23.5 Å². The van der Waals surface area contributed by atoms with E-state index in [9.17, 15) is 43.5 Å². The van der Waals surface area contributed by atoms with E-state index in [0.717, 1.165) is 61.0 Å². The van der Waals surface area contributed by atoms with E-state index in [0.29, 0.717) is 61.4 Å². The zero-order chi connectivity index (χ0) is 59.8. The minimum atomic E-state index is -1.50. The lowest BCUT2D eigenvalue weighted by molar-refractivity contribution is -0.146. The van der Waals surface area contributed by atoms with Crippen molar-refractivity contribution >= 4 is 88.0 Å². The number of esters is 4. The van der Waals surface area contributed by atoms with Crippen LogP contribution in [0.3, 0.4) is 0 Å². The molecular formula is C62H72ClN5O14S2. The third kappa shape index (κ3) is 18.9. The number of aliphatic hydroxyl groups is 1. The lowest BCUT2D eigenvalue weighted by atomic mass is 10.0. The fourth-order valence-electron chi connectivity index (χ4n) is 10.0. The van der Waals surface area contributed by atoms with Crippen molar-refractivity contribution in [1.29, 1.82) is 0 Å². The molecule has 7 unspecified atom stereocenters. The number of halogens is 1. The number of fused-ring (bicyclic) bond motifs is 2. The zero-order valence-electron chi connectivity index (χ0n) is 47.1. The van der Waals surface area contributed by atoms with Crippen molar-refractivity contribution in [1.82, 2.24) is 20.5 Å². The quantitative estimate of drug-likeness (QED) is 0.0110. The van der Waals surface area contributed by atoms with Crippen LogP contribution < -0.4 is 15.5 Å². The Morgan fingerprint density at radius 3 is 1.63 bits per heavy atom. The molecule has 19 nitrogen and oxygen atoms in total. The second kappa shape index (κ2) is 33.3. The predicted octanol–water partition coefficient (Wildman–Crippen LogP) is 9.99. The maximum atomic E-state index is 13.3. The number of amides is 4. The van der Waals surface area contributed by atoms with Gasteiger partial charge in [-0.25, -0.2) is 14.6 Å². The Balaban J connectivity index is 0.000000211. The third-order valence-corrected chi connectivity index (χ3v) is 17.4. The maximum Gasteiger partial charge on any atom is 0.324 e. The maximum absolute atomic E-state index is 13.3. The molecule has 84 heavy (non-hydrogen) atoms. The first kappa shape index (κ1) is 64.4. The molecule has 7 atom stereocenters. The van der Waals surface area contributed by atoms with Gasteiger partial charge in [0.2, 0.25) is 16.9 Å². The first-order valence-electron chi connectivity index (χ1n) is 28.4. The Labute approximate surface area is 502 Å². The SMILES string of the molecule is CCOC(=O)CCC(=O)Cl.CCOC(=O)CCc1nc(-c2ccccc2)c(N2C(=O)NC3C(CCCCC(=O)OCc4ccccc4)SCC32)o1.O=C(CCCCC1SCC2C1NC(=O)N2C(O)C(=O)c1ccccc1)OCc1ccccc1. The van der Waals surface area contributed by atoms with Crippen molar-refractivity contribution in [2.75, 3.05) is 29.6 Å². The molecule has 3 N–H and O–H groups in total. The van der Waals surface area contributed by atoms with Crippen LogP contribution in [0.4, 0.5) is 15.5 Å². The number of aromatic nitrogens is 1. The normalized spacial score (nSPS) is 19.5. The van der Waals surface area contributed by atoms with Gasteiger partial charge in [0, 0.05) is 58.8 Å². The molecule has 5 aromatic rings. The van der Waals surface area contributed by atoms with Crippen LogP contribution >= 0.6 is 35.1 Å². The van der Waals surface area contributed by atoms with E-state index in [-0.39, 0.29) is 96.9 Å². The van der Waals surface area contributed by atoms with Crippen molar-refractivity contribution in [2.45, 2.75) is 145 Å². The number of oxazole rings is 1. The molecule has 448 valence electrons. The minimum absolute atomic E-state index is 0.0331. The van der Waals surface area contributed by atoms with Crippen LogP contribution in [0.15, 0.2) is 126 Å². The highest BCUT2D eigenvalue weighted by Crippen LogP contribution is 2.43. The van der Waals surface area contributed by atoms with Crippen molar-refractivity contribution in [3.8, 4) is 11.3 Å². The molecule has 0 saturated carbocycles. The standard InChI is InChI=1S/C31H35N3O6S.C25H28N2O5S.C6H9ClO3/c1-2-38-27(36)18-17-25-32-28(22-13-7-4-8-14-22)30(40-25)34-23-20-41-24(29(23)33-31(34)37)15-9-10-16-26(35)39-19-21-11-5-3-6-12-21;28-21(32-15-17-9-3-1-4-10-17)14-8-7-13-20-22-19(16-33-20)27(25(31)26-22)24(30)23(29)18-11-5-2-6-12-18;1-2-10-6(9)4-3-5(7)8/h3-8,11-14,23-24,29H,2,9-10,15-20H2,1H3,(H,33,37);1-6,9-12,19-20,22,24,30H,7-8,13-16H2,(H,26,31);2-4H2,1H3. The number of nitrogens with zero attached hydrogens (tertiary/aromatic N) is 3.